The Balaban J connectivity index is 1.64. The van der Waals surface area contributed by atoms with Crippen LogP contribution in [0.4, 0.5) is 0 Å². The Labute approximate surface area is 203 Å². The van der Waals surface area contributed by atoms with Gasteiger partial charge in [0, 0.05) is 6.42 Å². The van der Waals surface area contributed by atoms with E-state index < -0.39 is 0 Å². The fraction of sp³-hybridized carbons (Fsp3) is 0.333. The third kappa shape index (κ3) is 3.88. The lowest BCUT2D eigenvalue weighted by Crippen LogP contribution is -2.24. The molecule has 8 nitrogen and oxygen atoms in total. The van der Waals surface area contributed by atoms with E-state index in [9.17, 15) is 4.79 Å². The second kappa shape index (κ2) is 9.02. The van der Waals surface area contributed by atoms with E-state index in [1.54, 1.807) is 21.3 Å². The van der Waals surface area contributed by atoms with Crippen molar-refractivity contribution in [2.75, 3.05) is 21.3 Å². The van der Waals surface area contributed by atoms with Gasteiger partial charge in [-0.1, -0.05) is 32.0 Å². The highest BCUT2D eigenvalue weighted by Gasteiger charge is 2.32. The summed E-state index contributed by atoms with van der Waals surface area (Å²) < 4.78 is 18.0. The van der Waals surface area contributed by atoms with Gasteiger partial charge < -0.3 is 14.2 Å². The highest BCUT2D eigenvalue weighted by molar-refractivity contribution is 5.97. The molecule has 2 aromatic carbocycles. The van der Waals surface area contributed by atoms with E-state index >= 15 is 0 Å². The minimum Gasteiger partial charge on any atom is -0.497 e. The molecule has 0 saturated carbocycles. The molecule has 0 N–H and O–H groups in total. The monoisotopic (exact) mass is 472 g/mol. The van der Waals surface area contributed by atoms with E-state index in [2.05, 4.69) is 24.0 Å². The summed E-state index contributed by atoms with van der Waals surface area (Å²) in [7, 11) is 4.87. The number of aromatic nitrogens is 4. The maximum absolute atomic E-state index is 13.1. The van der Waals surface area contributed by atoms with E-state index in [1.165, 1.54) is 0 Å². The molecule has 35 heavy (non-hydrogen) atoms. The van der Waals surface area contributed by atoms with Crippen molar-refractivity contribution >= 4 is 11.4 Å². The van der Waals surface area contributed by atoms with Crippen molar-refractivity contribution in [1.29, 1.82) is 0 Å². The van der Waals surface area contributed by atoms with Gasteiger partial charge in [0.1, 0.15) is 5.75 Å². The van der Waals surface area contributed by atoms with Crippen LogP contribution in [-0.2, 0) is 6.42 Å². The molecular weight excluding hydrogens is 444 g/mol. The Kier molecular flexibility index (Phi) is 5.88. The topological polar surface area (TPSA) is 87.8 Å². The van der Waals surface area contributed by atoms with Gasteiger partial charge in [-0.05, 0) is 53.6 Å². The van der Waals surface area contributed by atoms with Gasteiger partial charge in [-0.25, -0.2) is 4.52 Å². The largest absolute Gasteiger partial charge is 0.497 e. The molecule has 0 aliphatic heterocycles. The summed E-state index contributed by atoms with van der Waals surface area (Å²) in [5.74, 6) is 2.17. The number of methoxy groups -OCH3 is 3. The van der Waals surface area contributed by atoms with Gasteiger partial charge in [0.2, 0.25) is 0 Å². The normalized spacial score (nSPS) is 15.4. The fourth-order valence-electron chi connectivity index (χ4n) is 4.77. The second-order valence-electron chi connectivity index (χ2n) is 9.02. The summed E-state index contributed by atoms with van der Waals surface area (Å²) in [6, 6.07) is 13.7. The van der Waals surface area contributed by atoms with Crippen molar-refractivity contribution in [3.63, 3.8) is 0 Å². The van der Waals surface area contributed by atoms with Gasteiger partial charge in [0.05, 0.1) is 38.3 Å². The molecule has 0 saturated heterocycles. The first-order valence-corrected chi connectivity index (χ1v) is 11.6. The fourth-order valence-corrected chi connectivity index (χ4v) is 4.77. The molecule has 0 amide bonds. The van der Waals surface area contributed by atoms with Crippen LogP contribution in [-0.4, -0.2) is 46.9 Å². The molecule has 180 valence electrons. The lowest BCUT2D eigenvalue weighted by Gasteiger charge is -2.24. The Morgan fingerprint density at radius 3 is 2.31 bits per heavy atom. The average Bonchev–Trinajstić information content (AvgIpc) is 3.29. The molecule has 0 bridgehead atoms. The number of Topliss-reactive ketones (excluding diaryl/α,β-unsaturated/α-hetero) is 1. The van der Waals surface area contributed by atoms with Crippen LogP contribution in [0.25, 0.3) is 16.8 Å². The molecule has 1 aliphatic rings. The molecule has 1 aliphatic carbocycles. The number of carbonyl (C=O) groups is 1. The van der Waals surface area contributed by atoms with Crippen LogP contribution in [0.3, 0.4) is 0 Å². The summed E-state index contributed by atoms with van der Waals surface area (Å²) in [5.41, 5.74) is 5.67. The number of carbonyl (C=O) groups excluding carboxylic acids is 1. The summed E-state index contributed by atoms with van der Waals surface area (Å²) in [6.07, 6.45) is 0.968. The molecule has 5 rings (SSSR count). The number of ketones is 1. The number of rotatable bonds is 6. The van der Waals surface area contributed by atoms with Crippen molar-refractivity contribution in [2.24, 2.45) is 0 Å². The highest BCUT2D eigenvalue weighted by atomic mass is 16.5. The van der Waals surface area contributed by atoms with Crippen molar-refractivity contribution < 1.29 is 19.0 Å². The molecule has 0 unspecified atom stereocenters. The smallest absolute Gasteiger partial charge is 0.185 e. The summed E-state index contributed by atoms with van der Waals surface area (Å²) in [6.45, 7) is 4.21. The van der Waals surface area contributed by atoms with Crippen LogP contribution in [0.2, 0.25) is 0 Å². The van der Waals surface area contributed by atoms with Crippen LogP contribution in [0.1, 0.15) is 59.5 Å². The Hall–Kier alpha value is -3.94. The Bertz CT molecular complexity index is 1410. The van der Waals surface area contributed by atoms with E-state index in [1.807, 2.05) is 47.0 Å². The van der Waals surface area contributed by atoms with Crippen molar-refractivity contribution in [2.45, 2.75) is 38.5 Å². The summed E-state index contributed by atoms with van der Waals surface area (Å²) in [5, 5.41) is 13.8. The van der Waals surface area contributed by atoms with Crippen LogP contribution < -0.4 is 14.2 Å². The molecule has 2 heterocycles. The molecule has 8 heteroatoms. The Morgan fingerprint density at radius 2 is 1.66 bits per heavy atom. The molecule has 2 aromatic heterocycles. The number of hydrogen-bond acceptors (Lipinski definition) is 7. The minimum absolute atomic E-state index is 0.0293. The van der Waals surface area contributed by atoms with E-state index in [4.69, 9.17) is 19.3 Å². The van der Waals surface area contributed by atoms with Gasteiger partial charge in [0.15, 0.2) is 28.6 Å². The second-order valence-corrected chi connectivity index (χ2v) is 9.02. The number of benzene rings is 2. The Morgan fingerprint density at radius 1 is 0.914 bits per heavy atom. The lowest BCUT2D eigenvalue weighted by atomic mass is 9.83. The summed E-state index contributed by atoms with van der Waals surface area (Å²) >= 11 is 0. The van der Waals surface area contributed by atoms with Gasteiger partial charge >= 0.3 is 0 Å². The zero-order valence-corrected chi connectivity index (χ0v) is 20.5. The van der Waals surface area contributed by atoms with Gasteiger partial charge in [-0.15, -0.1) is 10.2 Å². The van der Waals surface area contributed by atoms with Gasteiger partial charge in [0.25, 0.3) is 0 Å². The highest BCUT2D eigenvalue weighted by Crippen LogP contribution is 2.38. The van der Waals surface area contributed by atoms with Crippen molar-refractivity contribution in [3.05, 3.63) is 65.1 Å². The number of hydrogen-bond donors (Lipinski definition) is 0. The average molecular weight is 473 g/mol. The SMILES string of the molecule is COc1ccc(-c2c(C(C)C)nn3c4c(nnc23)C(=O)C[C@@H](c2ccc(OC)c(OC)c2)C4)cc1. The predicted octanol–water partition coefficient (Wildman–Crippen LogP) is 4.85. The van der Waals surface area contributed by atoms with Crippen molar-refractivity contribution in [3.8, 4) is 28.4 Å². The van der Waals surface area contributed by atoms with Crippen molar-refractivity contribution in [1.82, 2.24) is 19.8 Å². The molecule has 4 aromatic rings. The molecule has 0 spiro atoms. The van der Waals surface area contributed by atoms with E-state index in [0.717, 1.165) is 33.8 Å². The van der Waals surface area contributed by atoms with E-state index in [0.29, 0.717) is 35.7 Å². The van der Waals surface area contributed by atoms with Crippen LogP contribution in [0, 0.1) is 0 Å². The van der Waals surface area contributed by atoms with Crippen LogP contribution in [0.15, 0.2) is 42.5 Å². The third-order valence-corrected chi connectivity index (χ3v) is 6.60. The zero-order chi connectivity index (χ0) is 24.7. The summed E-state index contributed by atoms with van der Waals surface area (Å²) in [4.78, 5) is 13.1. The minimum atomic E-state index is -0.0342. The first-order valence-electron chi connectivity index (χ1n) is 11.6. The lowest BCUT2D eigenvalue weighted by molar-refractivity contribution is 0.0955. The van der Waals surface area contributed by atoms with Crippen LogP contribution >= 0.6 is 0 Å². The van der Waals surface area contributed by atoms with Gasteiger partial charge in [-0.2, -0.15) is 5.10 Å². The first kappa shape index (κ1) is 22.8. The zero-order valence-electron chi connectivity index (χ0n) is 20.5. The molecule has 0 radical (unpaired) electrons. The molecular formula is C27H28N4O4. The number of ether oxygens (including phenoxy) is 3. The maximum Gasteiger partial charge on any atom is 0.185 e. The maximum atomic E-state index is 13.1. The quantitative estimate of drug-likeness (QED) is 0.396. The standard InChI is InChI=1S/C27H28N4O4/c1-15(2)25-24(16-6-9-19(33-3)10-7-16)27-29-28-26-20(31(27)30-25)12-18(13-21(26)32)17-8-11-22(34-4)23(14-17)35-5/h6-11,14-15,18H,12-13H2,1-5H3/t18-/m0/s1. The predicted molar refractivity (Wildman–Crippen MR) is 132 cm³/mol. The molecule has 0 fully saturated rings. The number of fused-ring (bicyclic) bond motifs is 3. The van der Waals surface area contributed by atoms with Gasteiger partial charge in [-0.3, -0.25) is 4.79 Å². The number of nitrogens with zero attached hydrogens (tertiary/aromatic N) is 4. The third-order valence-electron chi connectivity index (χ3n) is 6.60. The van der Waals surface area contributed by atoms with Crippen LogP contribution in [0.5, 0.6) is 17.2 Å². The first-order chi connectivity index (χ1) is 16.9. The molecule has 1 atom stereocenters. The van der Waals surface area contributed by atoms with E-state index in [-0.39, 0.29) is 17.6 Å².